The van der Waals surface area contributed by atoms with E-state index in [-0.39, 0.29) is 0 Å². The Hall–Kier alpha value is -1.77. The Bertz CT molecular complexity index is 579. The molecule has 1 saturated heterocycles. The molecule has 19 heavy (non-hydrogen) atoms. The van der Waals surface area contributed by atoms with Crippen LogP contribution in [0.1, 0.15) is 32.6 Å². The molecule has 0 radical (unpaired) electrons. The molecule has 1 fully saturated rings. The molecule has 3 heteroatoms. The summed E-state index contributed by atoms with van der Waals surface area (Å²) in [4.78, 5) is 6.83. The van der Waals surface area contributed by atoms with Crippen molar-refractivity contribution in [3.05, 3.63) is 30.5 Å². The lowest BCUT2D eigenvalue weighted by Gasteiger charge is -2.31. The van der Waals surface area contributed by atoms with Crippen molar-refractivity contribution in [1.29, 1.82) is 0 Å². The maximum atomic E-state index is 6.38. The number of hydrogen-bond donors (Lipinski definition) is 1. The minimum atomic E-state index is 0.568. The van der Waals surface area contributed by atoms with Crippen molar-refractivity contribution in [3.8, 4) is 0 Å². The Kier molecular flexibility index (Phi) is 3.28. The smallest absolute Gasteiger partial charge is 0.0724 e. The summed E-state index contributed by atoms with van der Waals surface area (Å²) in [7, 11) is 0. The van der Waals surface area contributed by atoms with E-state index < -0.39 is 0 Å². The first kappa shape index (κ1) is 12.3. The van der Waals surface area contributed by atoms with Crippen LogP contribution in [-0.2, 0) is 0 Å². The van der Waals surface area contributed by atoms with Crippen molar-refractivity contribution in [1.82, 2.24) is 4.98 Å². The summed E-state index contributed by atoms with van der Waals surface area (Å²) in [6.45, 7) is 3.41. The second-order valence-corrected chi connectivity index (χ2v) is 5.46. The minimum absolute atomic E-state index is 0.568. The van der Waals surface area contributed by atoms with Gasteiger partial charge in [-0.05, 0) is 44.0 Å². The minimum Gasteiger partial charge on any atom is -0.396 e. The van der Waals surface area contributed by atoms with E-state index in [0.29, 0.717) is 6.04 Å². The summed E-state index contributed by atoms with van der Waals surface area (Å²) in [6.07, 6.45) is 6.98. The molecule has 2 heterocycles. The summed E-state index contributed by atoms with van der Waals surface area (Å²) < 4.78 is 0. The average Bonchev–Trinajstić information content (AvgIpc) is 2.65. The van der Waals surface area contributed by atoms with Crippen molar-refractivity contribution in [2.24, 2.45) is 0 Å². The van der Waals surface area contributed by atoms with Gasteiger partial charge in [-0.2, -0.15) is 0 Å². The van der Waals surface area contributed by atoms with Crippen LogP contribution in [0.4, 0.5) is 11.4 Å². The SMILES string of the molecule is CC1CCCCCN1c1ccc2ncccc2c1N. The first-order valence-electron chi connectivity index (χ1n) is 7.17. The molecule has 0 amide bonds. The Morgan fingerprint density at radius 3 is 3.00 bits per heavy atom. The van der Waals surface area contributed by atoms with Crippen LogP contribution < -0.4 is 10.6 Å². The number of rotatable bonds is 1. The summed E-state index contributed by atoms with van der Waals surface area (Å²) in [5.41, 5.74) is 9.41. The Morgan fingerprint density at radius 2 is 2.11 bits per heavy atom. The molecule has 0 aliphatic carbocycles. The molecular weight excluding hydrogens is 234 g/mol. The van der Waals surface area contributed by atoms with Crippen LogP contribution in [-0.4, -0.2) is 17.6 Å². The van der Waals surface area contributed by atoms with Crippen LogP contribution in [0.5, 0.6) is 0 Å². The number of nitrogen functional groups attached to an aromatic ring is 1. The Morgan fingerprint density at radius 1 is 1.21 bits per heavy atom. The number of nitrogens with zero attached hydrogens (tertiary/aromatic N) is 2. The molecule has 1 aromatic carbocycles. The highest BCUT2D eigenvalue weighted by atomic mass is 15.2. The monoisotopic (exact) mass is 255 g/mol. The van der Waals surface area contributed by atoms with Gasteiger partial charge in [0.05, 0.1) is 16.9 Å². The fourth-order valence-corrected chi connectivity index (χ4v) is 3.05. The summed E-state index contributed by atoms with van der Waals surface area (Å²) >= 11 is 0. The predicted molar refractivity (Wildman–Crippen MR) is 81.4 cm³/mol. The van der Waals surface area contributed by atoms with Crippen molar-refractivity contribution >= 4 is 22.3 Å². The van der Waals surface area contributed by atoms with Crippen LogP contribution >= 0.6 is 0 Å². The number of aromatic nitrogens is 1. The van der Waals surface area contributed by atoms with Gasteiger partial charge in [0.2, 0.25) is 0 Å². The number of hydrogen-bond acceptors (Lipinski definition) is 3. The molecule has 1 aromatic heterocycles. The quantitative estimate of drug-likeness (QED) is 0.792. The molecule has 0 bridgehead atoms. The highest BCUT2D eigenvalue weighted by Crippen LogP contribution is 2.33. The zero-order valence-electron chi connectivity index (χ0n) is 11.5. The number of fused-ring (bicyclic) bond motifs is 1. The van der Waals surface area contributed by atoms with E-state index in [9.17, 15) is 0 Å². The van der Waals surface area contributed by atoms with Crippen molar-refractivity contribution in [2.75, 3.05) is 17.2 Å². The van der Waals surface area contributed by atoms with E-state index in [4.69, 9.17) is 5.73 Å². The zero-order chi connectivity index (χ0) is 13.2. The fourth-order valence-electron chi connectivity index (χ4n) is 3.05. The van der Waals surface area contributed by atoms with Crippen LogP contribution in [0, 0.1) is 0 Å². The van der Waals surface area contributed by atoms with E-state index in [1.54, 1.807) is 0 Å². The lowest BCUT2D eigenvalue weighted by Crippen LogP contribution is -2.33. The van der Waals surface area contributed by atoms with Crippen molar-refractivity contribution < 1.29 is 0 Å². The van der Waals surface area contributed by atoms with Gasteiger partial charge in [-0.15, -0.1) is 0 Å². The fraction of sp³-hybridized carbons (Fsp3) is 0.438. The van der Waals surface area contributed by atoms with Crippen LogP contribution in [0.3, 0.4) is 0 Å². The molecule has 3 nitrogen and oxygen atoms in total. The molecule has 1 atom stereocenters. The topological polar surface area (TPSA) is 42.2 Å². The van der Waals surface area contributed by atoms with E-state index in [1.165, 1.54) is 31.4 Å². The van der Waals surface area contributed by atoms with Crippen LogP contribution in [0.25, 0.3) is 10.9 Å². The number of anilines is 2. The molecule has 1 aliphatic rings. The van der Waals surface area contributed by atoms with E-state index in [2.05, 4.69) is 35.0 Å². The summed E-state index contributed by atoms with van der Waals surface area (Å²) in [6, 6.07) is 8.79. The van der Waals surface area contributed by atoms with Gasteiger partial charge in [0.25, 0.3) is 0 Å². The lowest BCUT2D eigenvalue weighted by atomic mass is 10.1. The molecule has 100 valence electrons. The Balaban J connectivity index is 2.06. The van der Waals surface area contributed by atoms with Crippen LogP contribution in [0.2, 0.25) is 0 Å². The zero-order valence-corrected chi connectivity index (χ0v) is 11.5. The van der Waals surface area contributed by atoms with Gasteiger partial charge in [-0.3, -0.25) is 4.98 Å². The van der Waals surface area contributed by atoms with Crippen LogP contribution in [0.15, 0.2) is 30.5 Å². The molecule has 1 aliphatic heterocycles. The first-order valence-corrected chi connectivity index (χ1v) is 7.17. The van der Waals surface area contributed by atoms with Gasteiger partial charge in [0, 0.05) is 24.2 Å². The van der Waals surface area contributed by atoms with Crippen molar-refractivity contribution in [3.63, 3.8) is 0 Å². The predicted octanol–water partition coefficient (Wildman–Crippen LogP) is 3.59. The normalized spacial score (nSPS) is 20.5. The second kappa shape index (κ2) is 5.08. The maximum Gasteiger partial charge on any atom is 0.0724 e. The van der Waals surface area contributed by atoms with Gasteiger partial charge >= 0.3 is 0 Å². The largest absolute Gasteiger partial charge is 0.396 e. The maximum absolute atomic E-state index is 6.38. The average molecular weight is 255 g/mol. The number of nitrogens with two attached hydrogens (primary N) is 1. The first-order chi connectivity index (χ1) is 9.27. The molecule has 0 spiro atoms. The Labute approximate surface area is 114 Å². The van der Waals surface area contributed by atoms with E-state index >= 15 is 0 Å². The highest BCUT2D eigenvalue weighted by molar-refractivity contribution is 5.97. The lowest BCUT2D eigenvalue weighted by molar-refractivity contribution is 0.617. The second-order valence-electron chi connectivity index (χ2n) is 5.46. The van der Waals surface area contributed by atoms with Gasteiger partial charge in [0.1, 0.15) is 0 Å². The van der Waals surface area contributed by atoms with Gasteiger partial charge in [-0.25, -0.2) is 0 Å². The van der Waals surface area contributed by atoms with Crippen molar-refractivity contribution in [2.45, 2.75) is 38.6 Å². The third kappa shape index (κ3) is 2.25. The molecule has 3 rings (SSSR count). The molecule has 1 unspecified atom stereocenters. The molecule has 2 N–H and O–H groups in total. The summed E-state index contributed by atoms with van der Waals surface area (Å²) in [5.74, 6) is 0. The van der Waals surface area contributed by atoms with Gasteiger partial charge in [0.15, 0.2) is 0 Å². The molecular formula is C16H21N3. The third-order valence-electron chi connectivity index (χ3n) is 4.17. The van der Waals surface area contributed by atoms with E-state index in [0.717, 1.165) is 23.1 Å². The van der Waals surface area contributed by atoms with Gasteiger partial charge < -0.3 is 10.6 Å². The number of pyridine rings is 1. The van der Waals surface area contributed by atoms with E-state index in [1.807, 2.05) is 12.3 Å². The number of benzene rings is 1. The summed E-state index contributed by atoms with van der Waals surface area (Å²) in [5, 5.41) is 1.07. The molecule has 0 saturated carbocycles. The highest BCUT2D eigenvalue weighted by Gasteiger charge is 2.19. The molecule has 2 aromatic rings. The van der Waals surface area contributed by atoms with Gasteiger partial charge in [-0.1, -0.05) is 12.8 Å². The third-order valence-corrected chi connectivity index (χ3v) is 4.17. The standard InChI is InChI=1S/C16H21N3/c1-12-6-3-2-4-11-19(12)15-9-8-14-13(16(15)17)7-5-10-18-14/h5,7-10,12H,2-4,6,11,17H2,1H3.